The molecular weight excluding hydrogens is 767 g/mol. The molecule has 0 N–H and O–H groups in total. The van der Waals surface area contributed by atoms with E-state index in [0.29, 0.717) is 0 Å². The Morgan fingerprint density at radius 1 is 0.270 bits per heavy atom. The van der Waals surface area contributed by atoms with Crippen LogP contribution in [-0.4, -0.2) is 0 Å². The first kappa shape index (κ1) is 36.5. The number of anilines is 3. The average molecular weight is 806 g/mol. The van der Waals surface area contributed by atoms with Crippen molar-refractivity contribution >= 4 is 60.9 Å². The van der Waals surface area contributed by atoms with Gasteiger partial charge in [0.15, 0.2) is 0 Å². The molecule has 12 rings (SSSR count). The van der Waals surface area contributed by atoms with Gasteiger partial charge >= 0.3 is 0 Å². The Balaban J connectivity index is 1.11. The van der Waals surface area contributed by atoms with Gasteiger partial charge in [-0.3, -0.25) is 0 Å². The summed E-state index contributed by atoms with van der Waals surface area (Å²) in [7, 11) is 0. The van der Waals surface area contributed by atoms with Crippen LogP contribution >= 0.6 is 0 Å². The van der Waals surface area contributed by atoms with Gasteiger partial charge in [-0.15, -0.1) is 0 Å². The van der Waals surface area contributed by atoms with Crippen molar-refractivity contribution in [3.63, 3.8) is 0 Å². The number of hydrogen-bond donors (Lipinski definition) is 0. The molecule has 2 aromatic heterocycles. The first-order chi connectivity index (χ1) is 31.2. The van der Waals surface area contributed by atoms with Crippen molar-refractivity contribution in [1.82, 2.24) is 0 Å². The molecule has 0 spiro atoms. The minimum absolute atomic E-state index is 0.874. The monoisotopic (exact) mass is 805 g/mol. The van der Waals surface area contributed by atoms with Gasteiger partial charge in [0.05, 0.1) is 11.4 Å². The number of fused-ring (bicyclic) bond motifs is 6. The van der Waals surface area contributed by atoms with Crippen LogP contribution in [0.3, 0.4) is 0 Å². The van der Waals surface area contributed by atoms with E-state index in [9.17, 15) is 0 Å². The molecule has 296 valence electrons. The van der Waals surface area contributed by atoms with E-state index >= 15 is 0 Å². The second-order valence-electron chi connectivity index (χ2n) is 16.0. The predicted molar refractivity (Wildman–Crippen MR) is 263 cm³/mol. The Morgan fingerprint density at radius 2 is 0.778 bits per heavy atom. The van der Waals surface area contributed by atoms with Crippen LogP contribution in [0.15, 0.2) is 245 Å². The highest BCUT2D eigenvalue weighted by Crippen LogP contribution is 2.50. The molecule has 0 unspecified atom stereocenters. The fraction of sp³-hybridized carbons (Fsp3) is 0. The smallest absolute Gasteiger partial charge is 0.143 e. The maximum atomic E-state index is 6.75. The first-order valence-corrected chi connectivity index (χ1v) is 21.4. The van der Waals surface area contributed by atoms with E-state index in [1.165, 1.54) is 5.56 Å². The standard InChI is InChI=1S/C60H39NO2/c1-3-16-40(17-4-1)43-20-13-21-45(38-43)59-50(52-27-14-26-51-48-23-8-12-31-57(48)63-60(51)52)25-15-29-55(59)61(54-28-10-7-22-47(54)42-18-5-2-6-19-42)46-35-32-41(33-36-46)44-34-37-58-53(39-44)49-24-9-11-30-56(49)62-58/h1-39H. The molecule has 0 aliphatic rings. The number of nitrogens with zero attached hydrogens (tertiary/aromatic N) is 1. The summed E-state index contributed by atoms with van der Waals surface area (Å²) in [4.78, 5) is 2.44. The van der Waals surface area contributed by atoms with Gasteiger partial charge in [-0.05, 0) is 93.5 Å². The Labute approximate surface area is 365 Å². The van der Waals surface area contributed by atoms with Crippen molar-refractivity contribution in [3.8, 4) is 55.6 Å². The van der Waals surface area contributed by atoms with Crippen molar-refractivity contribution in [2.24, 2.45) is 0 Å². The maximum absolute atomic E-state index is 6.75. The van der Waals surface area contributed by atoms with E-state index in [1.54, 1.807) is 0 Å². The molecule has 0 aliphatic carbocycles. The van der Waals surface area contributed by atoms with Crippen LogP contribution in [0.1, 0.15) is 0 Å². The lowest BCUT2D eigenvalue weighted by atomic mass is 9.89. The SMILES string of the molecule is c1ccc(-c2cccc(-c3c(-c4cccc5c4oc4ccccc45)cccc3N(c3ccc(-c4ccc5oc6ccccc6c5c4)cc3)c3ccccc3-c3ccccc3)c2)cc1. The first-order valence-electron chi connectivity index (χ1n) is 21.4. The number of rotatable bonds is 8. The second-order valence-corrected chi connectivity index (χ2v) is 16.0. The Hall–Kier alpha value is -8.40. The zero-order chi connectivity index (χ0) is 41.7. The number of para-hydroxylation sites is 4. The Morgan fingerprint density at radius 3 is 1.59 bits per heavy atom. The summed E-state index contributed by atoms with van der Waals surface area (Å²) >= 11 is 0. The van der Waals surface area contributed by atoms with Crippen molar-refractivity contribution in [3.05, 3.63) is 237 Å². The molecule has 0 aliphatic heterocycles. The van der Waals surface area contributed by atoms with Gasteiger partial charge in [-0.2, -0.15) is 0 Å². The molecule has 0 saturated heterocycles. The van der Waals surface area contributed by atoms with Crippen LogP contribution in [-0.2, 0) is 0 Å². The summed E-state index contributed by atoms with van der Waals surface area (Å²) in [6, 6.07) is 84.3. The number of hydrogen-bond acceptors (Lipinski definition) is 3. The van der Waals surface area contributed by atoms with Gasteiger partial charge in [0, 0.05) is 43.9 Å². The van der Waals surface area contributed by atoms with Gasteiger partial charge in [0.2, 0.25) is 0 Å². The fourth-order valence-corrected chi connectivity index (χ4v) is 9.35. The average Bonchev–Trinajstić information content (AvgIpc) is 3.93. The molecule has 63 heavy (non-hydrogen) atoms. The zero-order valence-electron chi connectivity index (χ0n) is 34.3. The molecule has 3 heteroatoms. The molecule has 0 fully saturated rings. The summed E-state index contributed by atoms with van der Waals surface area (Å²) in [5.41, 5.74) is 17.9. The van der Waals surface area contributed by atoms with Crippen LogP contribution < -0.4 is 4.90 Å². The van der Waals surface area contributed by atoms with Crippen molar-refractivity contribution < 1.29 is 8.83 Å². The van der Waals surface area contributed by atoms with E-state index in [1.807, 2.05) is 18.2 Å². The molecule has 0 amide bonds. The van der Waals surface area contributed by atoms with Crippen LogP contribution in [0.25, 0.3) is 99.5 Å². The van der Waals surface area contributed by atoms with Crippen molar-refractivity contribution in [1.29, 1.82) is 0 Å². The number of furan rings is 2. The summed E-state index contributed by atoms with van der Waals surface area (Å²) in [5, 5.41) is 4.44. The zero-order valence-corrected chi connectivity index (χ0v) is 34.3. The third-order valence-corrected chi connectivity index (χ3v) is 12.3. The minimum Gasteiger partial charge on any atom is -0.456 e. The van der Waals surface area contributed by atoms with Crippen molar-refractivity contribution in [2.45, 2.75) is 0 Å². The molecule has 0 saturated carbocycles. The molecule has 0 atom stereocenters. The van der Waals surface area contributed by atoms with Gasteiger partial charge in [-0.25, -0.2) is 0 Å². The lowest BCUT2D eigenvalue weighted by Gasteiger charge is -2.31. The van der Waals surface area contributed by atoms with Crippen molar-refractivity contribution in [2.75, 3.05) is 4.90 Å². The normalized spacial score (nSPS) is 11.5. The van der Waals surface area contributed by atoms with E-state index in [0.717, 1.165) is 111 Å². The largest absolute Gasteiger partial charge is 0.456 e. The third-order valence-electron chi connectivity index (χ3n) is 12.3. The van der Waals surface area contributed by atoms with Crippen LogP contribution in [0.5, 0.6) is 0 Å². The molecule has 2 heterocycles. The summed E-state index contributed by atoms with van der Waals surface area (Å²) in [5.74, 6) is 0. The lowest BCUT2D eigenvalue weighted by molar-refractivity contribution is 0.669. The van der Waals surface area contributed by atoms with Gasteiger partial charge < -0.3 is 13.7 Å². The second kappa shape index (κ2) is 15.3. The molecule has 3 nitrogen and oxygen atoms in total. The molecule has 0 radical (unpaired) electrons. The molecular formula is C60H39NO2. The van der Waals surface area contributed by atoms with Gasteiger partial charge in [0.1, 0.15) is 22.3 Å². The fourth-order valence-electron chi connectivity index (χ4n) is 9.35. The van der Waals surface area contributed by atoms with Gasteiger partial charge in [-0.1, -0.05) is 182 Å². The Bertz CT molecular complexity index is 3620. The van der Waals surface area contributed by atoms with Gasteiger partial charge in [0.25, 0.3) is 0 Å². The quantitative estimate of drug-likeness (QED) is 0.153. The maximum Gasteiger partial charge on any atom is 0.143 e. The highest BCUT2D eigenvalue weighted by atomic mass is 16.3. The van der Waals surface area contributed by atoms with E-state index in [4.69, 9.17) is 8.83 Å². The highest BCUT2D eigenvalue weighted by molar-refractivity contribution is 6.12. The summed E-state index contributed by atoms with van der Waals surface area (Å²) in [6.45, 7) is 0. The molecule has 12 aromatic rings. The van der Waals surface area contributed by atoms with Crippen LogP contribution in [0.4, 0.5) is 17.1 Å². The molecule has 0 bridgehead atoms. The minimum atomic E-state index is 0.874. The summed E-state index contributed by atoms with van der Waals surface area (Å²) < 4.78 is 12.9. The number of benzene rings is 10. The van der Waals surface area contributed by atoms with Crippen LogP contribution in [0.2, 0.25) is 0 Å². The van der Waals surface area contributed by atoms with Crippen LogP contribution in [0, 0.1) is 0 Å². The van der Waals surface area contributed by atoms with E-state index < -0.39 is 0 Å². The third kappa shape index (κ3) is 6.38. The Kier molecular flexibility index (Phi) is 8.83. The lowest BCUT2D eigenvalue weighted by Crippen LogP contribution is -2.13. The van der Waals surface area contributed by atoms with E-state index in [2.05, 4.69) is 223 Å². The van der Waals surface area contributed by atoms with E-state index in [-0.39, 0.29) is 0 Å². The topological polar surface area (TPSA) is 29.5 Å². The highest BCUT2D eigenvalue weighted by Gasteiger charge is 2.25. The summed E-state index contributed by atoms with van der Waals surface area (Å²) in [6.07, 6.45) is 0. The molecule has 10 aromatic carbocycles. The predicted octanol–water partition coefficient (Wildman–Crippen LogP) is 17.3.